The lowest BCUT2D eigenvalue weighted by atomic mass is 9.95. The van der Waals surface area contributed by atoms with E-state index in [9.17, 15) is 9.90 Å². The lowest BCUT2D eigenvalue weighted by Gasteiger charge is -2.28. The molecule has 9 nitrogen and oxygen atoms in total. The van der Waals surface area contributed by atoms with Crippen molar-refractivity contribution in [2.45, 2.75) is 13.0 Å². The largest absolute Gasteiger partial charge is 0.508 e. The molecule has 5 rings (SSSR count). The number of amides is 1. The molecule has 36 heavy (non-hydrogen) atoms. The number of carbonyl (C=O) groups excluding carboxylic acids is 1. The van der Waals surface area contributed by atoms with Crippen molar-refractivity contribution in [2.24, 2.45) is 0 Å². The van der Waals surface area contributed by atoms with Crippen LogP contribution in [0.15, 0.2) is 84.1 Å². The standard InChI is InChI=1S/C27H25N5O4/c1-16-23(26(34)29-21-9-4-5-10-22(21)36-3)24(17-11-13-19(33)14-12-17)32-27(28-16)30-25(31-32)18-7-6-8-20(15-18)35-2/h4-15,24,33H,1-3H3,(H,29,34)(H,28,30,31). The van der Waals surface area contributed by atoms with E-state index < -0.39 is 6.04 Å². The molecule has 4 aromatic rings. The molecular weight excluding hydrogens is 458 g/mol. The van der Waals surface area contributed by atoms with Gasteiger partial charge in [0.25, 0.3) is 5.91 Å². The SMILES string of the molecule is COc1cccc(-c2nc3n(n2)C(c2ccc(O)cc2)C(C(=O)Nc2ccccc2OC)=C(C)N3)c1. The van der Waals surface area contributed by atoms with Crippen molar-refractivity contribution in [3.63, 3.8) is 0 Å². The summed E-state index contributed by atoms with van der Waals surface area (Å²) in [4.78, 5) is 18.4. The second-order valence-corrected chi connectivity index (χ2v) is 8.25. The van der Waals surface area contributed by atoms with Gasteiger partial charge in [0.15, 0.2) is 5.82 Å². The number of para-hydroxylation sites is 2. The molecule has 3 aromatic carbocycles. The first-order valence-corrected chi connectivity index (χ1v) is 11.3. The Balaban J connectivity index is 1.59. The third-order valence-corrected chi connectivity index (χ3v) is 5.99. The number of hydrogen-bond acceptors (Lipinski definition) is 7. The van der Waals surface area contributed by atoms with Crippen LogP contribution in [0.3, 0.4) is 0 Å². The highest BCUT2D eigenvalue weighted by atomic mass is 16.5. The molecule has 1 atom stereocenters. The Hall–Kier alpha value is -4.79. The lowest BCUT2D eigenvalue weighted by Crippen LogP contribution is -2.31. The Bertz CT molecular complexity index is 1460. The monoisotopic (exact) mass is 483 g/mol. The van der Waals surface area contributed by atoms with Crippen molar-refractivity contribution >= 4 is 17.5 Å². The van der Waals surface area contributed by atoms with E-state index >= 15 is 0 Å². The summed E-state index contributed by atoms with van der Waals surface area (Å²) in [6.07, 6.45) is 0. The number of carbonyl (C=O) groups is 1. The number of methoxy groups -OCH3 is 2. The number of nitrogens with zero attached hydrogens (tertiary/aromatic N) is 3. The van der Waals surface area contributed by atoms with Crippen LogP contribution in [0, 0.1) is 0 Å². The molecule has 3 N–H and O–H groups in total. The van der Waals surface area contributed by atoms with E-state index in [0.29, 0.717) is 40.2 Å². The molecule has 0 aliphatic carbocycles. The zero-order chi connectivity index (χ0) is 25.2. The van der Waals surface area contributed by atoms with E-state index in [1.54, 1.807) is 55.3 Å². The maximum absolute atomic E-state index is 13.7. The van der Waals surface area contributed by atoms with Crippen molar-refractivity contribution in [3.05, 3.63) is 89.6 Å². The number of hydrogen-bond donors (Lipinski definition) is 3. The quantitative estimate of drug-likeness (QED) is 0.368. The molecule has 1 aromatic heterocycles. The minimum Gasteiger partial charge on any atom is -0.508 e. The topological polar surface area (TPSA) is 111 Å². The van der Waals surface area contributed by atoms with Crippen LogP contribution in [0.2, 0.25) is 0 Å². The number of aromatic nitrogens is 3. The van der Waals surface area contributed by atoms with Gasteiger partial charge < -0.3 is 25.2 Å². The van der Waals surface area contributed by atoms with Crippen LogP contribution in [0.5, 0.6) is 17.2 Å². The molecule has 1 amide bonds. The Morgan fingerprint density at radius 2 is 1.81 bits per heavy atom. The maximum atomic E-state index is 13.7. The molecule has 1 unspecified atom stereocenters. The highest BCUT2D eigenvalue weighted by Crippen LogP contribution is 2.38. The summed E-state index contributed by atoms with van der Waals surface area (Å²) in [6, 6.07) is 20.8. The molecule has 0 fully saturated rings. The average Bonchev–Trinajstić information content (AvgIpc) is 3.32. The lowest BCUT2D eigenvalue weighted by molar-refractivity contribution is -0.113. The number of fused-ring (bicyclic) bond motifs is 1. The number of phenolic OH excluding ortho intramolecular Hbond substituents is 1. The number of ether oxygens (including phenoxy) is 2. The van der Waals surface area contributed by atoms with Crippen LogP contribution in [-0.4, -0.2) is 40.0 Å². The van der Waals surface area contributed by atoms with E-state index in [-0.39, 0.29) is 11.7 Å². The smallest absolute Gasteiger partial charge is 0.255 e. The van der Waals surface area contributed by atoms with Gasteiger partial charge >= 0.3 is 0 Å². The Kier molecular flexibility index (Phi) is 6.03. The van der Waals surface area contributed by atoms with Gasteiger partial charge in [-0.2, -0.15) is 4.98 Å². The molecule has 1 aliphatic rings. The molecule has 182 valence electrons. The number of anilines is 2. The van der Waals surface area contributed by atoms with Crippen molar-refractivity contribution in [2.75, 3.05) is 24.9 Å². The summed E-state index contributed by atoms with van der Waals surface area (Å²) in [5.41, 5.74) is 3.19. The fraction of sp³-hybridized carbons (Fsp3) is 0.148. The predicted octanol–water partition coefficient (Wildman–Crippen LogP) is 4.60. The van der Waals surface area contributed by atoms with Gasteiger partial charge in [-0.25, -0.2) is 4.68 Å². The van der Waals surface area contributed by atoms with Gasteiger partial charge in [0.05, 0.1) is 25.5 Å². The van der Waals surface area contributed by atoms with Crippen molar-refractivity contribution in [3.8, 4) is 28.6 Å². The van der Waals surface area contributed by atoms with Crippen LogP contribution < -0.4 is 20.1 Å². The van der Waals surface area contributed by atoms with Crippen LogP contribution in [0.1, 0.15) is 18.5 Å². The molecule has 0 spiro atoms. The minimum absolute atomic E-state index is 0.129. The van der Waals surface area contributed by atoms with E-state index in [1.807, 2.05) is 43.3 Å². The van der Waals surface area contributed by atoms with Crippen LogP contribution >= 0.6 is 0 Å². The molecule has 1 aliphatic heterocycles. The van der Waals surface area contributed by atoms with Gasteiger partial charge in [-0.1, -0.05) is 36.4 Å². The Morgan fingerprint density at radius 3 is 2.56 bits per heavy atom. The summed E-state index contributed by atoms with van der Waals surface area (Å²) in [6.45, 7) is 1.83. The van der Waals surface area contributed by atoms with Gasteiger partial charge in [-0.05, 0) is 48.9 Å². The second kappa shape index (κ2) is 9.46. The van der Waals surface area contributed by atoms with Crippen LogP contribution in [0.4, 0.5) is 11.6 Å². The van der Waals surface area contributed by atoms with Gasteiger partial charge in [-0.15, -0.1) is 5.10 Å². The first-order valence-electron chi connectivity index (χ1n) is 11.3. The number of aromatic hydroxyl groups is 1. The Labute approximate surface area is 208 Å². The van der Waals surface area contributed by atoms with E-state index in [0.717, 1.165) is 11.1 Å². The van der Waals surface area contributed by atoms with Crippen LogP contribution in [-0.2, 0) is 4.79 Å². The first kappa shape index (κ1) is 23.0. The summed E-state index contributed by atoms with van der Waals surface area (Å²) >= 11 is 0. The zero-order valence-corrected chi connectivity index (χ0v) is 20.0. The van der Waals surface area contributed by atoms with E-state index in [4.69, 9.17) is 19.6 Å². The van der Waals surface area contributed by atoms with E-state index in [1.165, 1.54) is 0 Å². The third-order valence-electron chi connectivity index (χ3n) is 5.99. The fourth-order valence-corrected chi connectivity index (χ4v) is 4.23. The van der Waals surface area contributed by atoms with Gasteiger partial charge in [0.1, 0.15) is 23.3 Å². The number of rotatable bonds is 6. The molecule has 2 heterocycles. The van der Waals surface area contributed by atoms with Crippen LogP contribution in [0.25, 0.3) is 11.4 Å². The highest BCUT2D eigenvalue weighted by molar-refractivity contribution is 6.06. The summed E-state index contributed by atoms with van der Waals surface area (Å²) in [7, 11) is 3.16. The Morgan fingerprint density at radius 1 is 1.03 bits per heavy atom. The molecule has 9 heteroatoms. The molecule has 0 radical (unpaired) electrons. The number of nitrogens with one attached hydrogen (secondary N) is 2. The fourth-order valence-electron chi connectivity index (χ4n) is 4.23. The predicted molar refractivity (Wildman–Crippen MR) is 136 cm³/mol. The molecule has 0 saturated carbocycles. The summed E-state index contributed by atoms with van der Waals surface area (Å²) < 4.78 is 12.4. The van der Waals surface area contributed by atoms with Crippen molar-refractivity contribution < 1.29 is 19.4 Å². The highest BCUT2D eigenvalue weighted by Gasteiger charge is 2.34. The van der Waals surface area contributed by atoms with E-state index in [2.05, 4.69) is 10.6 Å². The average molecular weight is 484 g/mol. The van der Waals surface area contributed by atoms with Gasteiger partial charge in [0, 0.05) is 11.3 Å². The van der Waals surface area contributed by atoms with Gasteiger partial charge in [-0.3, -0.25) is 4.79 Å². The number of phenols is 1. The van der Waals surface area contributed by atoms with Crippen molar-refractivity contribution in [1.82, 2.24) is 14.8 Å². The zero-order valence-electron chi connectivity index (χ0n) is 20.0. The summed E-state index contributed by atoms with van der Waals surface area (Å²) in [5.74, 6) is 2.04. The molecule has 0 saturated heterocycles. The molecule has 0 bridgehead atoms. The minimum atomic E-state index is -0.594. The second-order valence-electron chi connectivity index (χ2n) is 8.25. The maximum Gasteiger partial charge on any atom is 0.255 e. The number of benzene rings is 3. The summed E-state index contributed by atoms with van der Waals surface area (Å²) in [5, 5.41) is 20.8. The first-order chi connectivity index (χ1) is 17.5. The normalized spacial score (nSPS) is 14.6. The number of allylic oxidation sites excluding steroid dienone is 1. The molecular formula is C27H25N5O4. The van der Waals surface area contributed by atoms with Gasteiger partial charge in [0.2, 0.25) is 5.95 Å². The third kappa shape index (κ3) is 4.22. The van der Waals surface area contributed by atoms with Crippen molar-refractivity contribution in [1.29, 1.82) is 0 Å².